The lowest BCUT2D eigenvalue weighted by molar-refractivity contribution is -0.141. The Hall–Kier alpha value is -3.44. The first-order valence-corrected chi connectivity index (χ1v) is 12.0. The number of hydrogen-bond acceptors (Lipinski definition) is 3. The summed E-state index contributed by atoms with van der Waals surface area (Å²) in [4.78, 5) is 28.7. The van der Waals surface area contributed by atoms with E-state index in [9.17, 15) is 9.59 Å². The average Bonchev–Trinajstić information content (AvgIpc) is 2.88. The summed E-state index contributed by atoms with van der Waals surface area (Å²) in [6.07, 6.45) is 1.68. The molecule has 1 N–H and O–H groups in total. The van der Waals surface area contributed by atoms with E-state index in [1.807, 2.05) is 97.9 Å². The summed E-state index contributed by atoms with van der Waals surface area (Å²) < 4.78 is 5.38. The molecule has 0 fully saturated rings. The summed E-state index contributed by atoms with van der Waals surface area (Å²) in [5, 5.41) is 3.02. The van der Waals surface area contributed by atoms with Crippen LogP contribution in [0.1, 0.15) is 42.5 Å². The monoisotopic (exact) mass is 458 g/mol. The van der Waals surface area contributed by atoms with Crippen LogP contribution < -0.4 is 5.32 Å². The molecule has 1 atom stereocenters. The third-order valence-corrected chi connectivity index (χ3v) is 5.63. The number of nitrogens with zero attached hydrogens (tertiary/aromatic N) is 1. The van der Waals surface area contributed by atoms with E-state index in [4.69, 9.17) is 4.74 Å². The second kappa shape index (κ2) is 14.0. The van der Waals surface area contributed by atoms with Crippen LogP contribution >= 0.6 is 0 Å². The molecule has 0 heterocycles. The highest BCUT2D eigenvalue weighted by Gasteiger charge is 2.31. The van der Waals surface area contributed by atoms with Crippen molar-refractivity contribution in [3.05, 3.63) is 108 Å². The summed E-state index contributed by atoms with van der Waals surface area (Å²) in [7, 11) is 0. The van der Waals surface area contributed by atoms with Crippen molar-refractivity contribution in [2.45, 2.75) is 38.8 Å². The van der Waals surface area contributed by atoms with Gasteiger partial charge in [0.05, 0.1) is 0 Å². The molecule has 34 heavy (non-hydrogen) atoms. The predicted molar refractivity (Wildman–Crippen MR) is 135 cm³/mol. The van der Waals surface area contributed by atoms with E-state index in [-0.39, 0.29) is 11.8 Å². The minimum absolute atomic E-state index is 0.0500. The molecule has 0 bridgehead atoms. The van der Waals surface area contributed by atoms with Crippen molar-refractivity contribution < 1.29 is 14.3 Å². The Labute approximate surface area is 202 Å². The predicted octanol–water partition coefficient (Wildman–Crippen LogP) is 4.93. The fourth-order valence-electron chi connectivity index (χ4n) is 3.88. The van der Waals surface area contributed by atoms with Crippen LogP contribution in [-0.2, 0) is 27.3 Å². The molecule has 0 spiro atoms. The number of carbonyl (C=O) groups excluding carboxylic acids is 2. The van der Waals surface area contributed by atoms with E-state index < -0.39 is 6.04 Å². The van der Waals surface area contributed by atoms with Crippen LogP contribution in [-0.4, -0.2) is 36.5 Å². The number of carbonyl (C=O) groups is 2. The van der Waals surface area contributed by atoms with Crippen LogP contribution in [0.5, 0.6) is 0 Å². The van der Waals surface area contributed by atoms with Gasteiger partial charge in [0, 0.05) is 32.7 Å². The molecule has 0 radical (unpaired) electrons. The Bertz CT molecular complexity index is 994. The number of amides is 2. The number of nitrogens with one attached hydrogen (secondary N) is 1. The normalized spacial score (nSPS) is 11.6. The van der Waals surface area contributed by atoms with E-state index in [2.05, 4.69) is 5.32 Å². The van der Waals surface area contributed by atoms with Crippen molar-refractivity contribution >= 4 is 11.8 Å². The molecule has 0 saturated heterocycles. The van der Waals surface area contributed by atoms with Gasteiger partial charge in [-0.05, 0) is 36.5 Å². The zero-order valence-electron chi connectivity index (χ0n) is 19.9. The van der Waals surface area contributed by atoms with Crippen molar-refractivity contribution in [3.8, 4) is 0 Å². The van der Waals surface area contributed by atoms with E-state index in [1.165, 1.54) is 0 Å². The Morgan fingerprint density at radius 2 is 1.44 bits per heavy atom. The summed E-state index contributed by atoms with van der Waals surface area (Å²) in [5.74, 6) is -0.224. The summed E-state index contributed by atoms with van der Waals surface area (Å²) in [6, 6.07) is 28.6. The van der Waals surface area contributed by atoms with E-state index in [0.717, 1.165) is 23.1 Å². The quantitative estimate of drug-likeness (QED) is 0.370. The Kier molecular flexibility index (Phi) is 10.3. The summed E-state index contributed by atoms with van der Waals surface area (Å²) in [5.41, 5.74) is 2.89. The number of benzene rings is 3. The smallest absolute Gasteiger partial charge is 0.247 e. The lowest BCUT2D eigenvalue weighted by atomic mass is 10.0. The molecule has 2 amide bonds. The molecule has 5 nitrogen and oxygen atoms in total. The van der Waals surface area contributed by atoms with Gasteiger partial charge in [-0.1, -0.05) is 91.0 Å². The molecule has 3 aromatic rings. The molecule has 3 rings (SSSR count). The van der Waals surface area contributed by atoms with E-state index >= 15 is 0 Å². The van der Waals surface area contributed by atoms with Gasteiger partial charge in [-0.2, -0.15) is 0 Å². The number of rotatable bonds is 13. The average molecular weight is 459 g/mol. The summed E-state index contributed by atoms with van der Waals surface area (Å²) in [6.45, 7) is 4.06. The maximum Gasteiger partial charge on any atom is 0.247 e. The minimum atomic E-state index is -0.711. The molecule has 178 valence electrons. The molecule has 3 aromatic carbocycles. The Balaban J connectivity index is 1.83. The fraction of sp³-hybridized carbons (Fsp3) is 0.310. The lowest BCUT2D eigenvalue weighted by Crippen LogP contribution is -2.43. The molecular formula is C29H34N2O3. The van der Waals surface area contributed by atoms with Gasteiger partial charge >= 0.3 is 0 Å². The number of hydrogen-bond donors (Lipinski definition) is 1. The van der Waals surface area contributed by atoms with Crippen molar-refractivity contribution in [3.63, 3.8) is 0 Å². The summed E-state index contributed by atoms with van der Waals surface area (Å²) >= 11 is 0. The van der Waals surface area contributed by atoms with Gasteiger partial charge in [0.2, 0.25) is 11.8 Å². The van der Waals surface area contributed by atoms with Gasteiger partial charge in [0.15, 0.2) is 0 Å². The standard InChI is InChI=1S/C29H34N2O3/c1-2-34-22-12-21-30-29(33)28(26-17-10-5-11-18-26)31(23-25-15-8-4-9-16-25)27(32)20-19-24-13-6-3-7-14-24/h3-11,13-18,28H,2,12,19-23H2,1H3,(H,30,33)/t28-/m0/s1. The zero-order chi connectivity index (χ0) is 24.0. The van der Waals surface area contributed by atoms with Gasteiger partial charge in [-0.15, -0.1) is 0 Å². The zero-order valence-corrected chi connectivity index (χ0v) is 19.9. The Morgan fingerprint density at radius 3 is 2.06 bits per heavy atom. The largest absolute Gasteiger partial charge is 0.382 e. The van der Waals surface area contributed by atoms with Crippen molar-refractivity contribution in [1.82, 2.24) is 10.2 Å². The van der Waals surface area contributed by atoms with E-state index in [1.54, 1.807) is 4.90 Å². The SMILES string of the molecule is CCOCCCNC(=O)[C@H](c1ccccc1)N(Cc1ccccc1)C(=O)CCc1ccccc1. The van der Waals surface area contributed by atoms with Crippen LogP contribution in [0.2, 0.25) is 0 Å². The van der Waals surface area contributed by atoms with Crippen LogP contribution in [0, 0.1) is 0 Å². The molecule has 5 heteroatoms. The van der Waals surface area contributed by atoms with Crippen LogP contribution in [0.25, 0.3) is 0 Å². The molecule has 0 aliphatic heterocycles. The molecule has 0 aromatic heterocycles. The fourth-order valence-corrected chi connectivity index (χ4v) is 3.88. The first kappa shape index (κ1) is 25.2. The molecule has 0 saturated carbocycles. The number of aryl methyl sites for hydroxylation is 1. The molecular weight excluding hydrogens is 424 g/mol. The third kappa shape index (κ3) is 7.85. The van der Waals surface area contributed by atoms with E-state index in [0.29, 0.717) is 39.1 Å². The lowest BCUT2D eigenvalue weighted by Gasteiger charge is -2.32. The number of ether oxygens (including phenoxy) is 1. The maximum absolute atomic E-state index is 13.6. The maximum atomic E-state index is 13.6. The van der Waals surface area contributed by atoms with Crippen molar-refractivity contribution in [2.75, 3.05) is 19.8 Å². The first-order valence-electron chi connectivity index (χ1n) is 12.0. The van der Waals surface area contributed by atoms with Gasteiger partial charge in [0.1, 0.15) is 6.04 Å². The Morgan fingerprint density at radius 1 is 0.853 bits per heavy atom. The minimum Gasteiger partial charge on any atom is -0.382 e. The highest BCUT2D eigenvalue weighted by molar-refractivity contribution is 5.88. The van der Waals surface area contributed by atoms with Crippen molar-refractivity contribution in [2.24, 2.45) is 0 Å². The highest BCUT2D eigenvalue weighted by Crippen LogP contribution is 2.25. The third-order valence-electron chi connectivity index (χ3n) is 5.63. The topological polar surface area (TPSA) is 58.6 Å². The second-order valence-electron chi connectivity index (χ2n) is 8.15. The van der Waals surface area contributed by atoms with Gasteiger partial charge in [-0.25, -0.2) is 0 Å². The highest BCUT2D eigenvalue weighted by atomic mass is 16.5. The van der Waals surface area contributed by atoms with Gasteiger partial charge in [0.25, 0.3) is 0 Å². The van der Waals surface area contributed by atoms with Crippen LogP contribution in [0.15, 0.2) is 91.0 Å². The van der Waals surface area contributed by atoms with Crippen LogP contribution in [0.4, 0.5) is 0 Å². The molecule has 0 aliphatic rings. The molecule has 0 unspecified atom stereocenters. The molecule has 0 aliphatic carbocycles. The van der Waals surface area contributed by atoms with Gasteiger partial charge in [-0.3, -0.25) is 9.59 Å². The van der Waals surface area contributed by atoms with Crippen LogP contribution in [0.3, 0.4) is 0 Å². The van der Waals surface area contributed by atoms with Crippen molar-refractivity contribution in [1.29, 1.82) is 0 Å². The van der Waals surface area contributed by atoms with Gasteiger partial charge < -0.3 is 15.0 Å². The first-order chi connectivity index (χ1) is 16.7. The second-order valence-corrected chi connectivity index (χ2v) is 8.15.